The molecule has 2 aromatic carbocycles. The van der Waals surface area contributed by atoms with Crippen molar-refractivity contribution in [3.8, 4) is 17.2 Å². The monoisotopic (exact) mass is 481 g/mol. The summed E-state index contributed by atoms with van der Waals surface area (Å²) in [4.78, 5) is 23.0. The first-order chi connectivity index (χ1) is 16.7. The minimum absolute atomic E-state index is 0.0543. The molecule has 0 spiro atoms. The molecule has 3 aliphatic heterocycles. The summed E-state index contributed by atoms with van der Waals surface area (Å²) in [5.74, 6) is 1.85. The van der Waals surface area contributed by atoms with Crippen molar-refractivity contribution < 1.29 is 23.7 Å². The van der Waals surface area contributed by atoms with Crippen LogP contribution < -0.4 is 14.2 Å². The van der Waals surface area contributed by atoms with E-state index < -0.39 is 0 Å². The highest BCUT2D eigenvalue weighted by Gasteiger charge is 2.33. The van der Waals surface area contributed by atoms with Crippen LogP contribution in [0.4, 0.5) is 5.69 Å². The van der Waals surface area contributed by atoms with Gasteiger partial charge in [0.15, 0.2) is 16.7 Å². The van der Waals surface area contributed by atoms with Gasteiger partial charge in [0.1, 0.15) is 5.75 Å². The Bertz CT molecular complexity index is 1100. The number of hydrogen-bond acceptors (Lipinski definition) is 8. The maximum Gasteiger partial charge on any atom is 0.266 e. The molecule has 0 atom stereocenters. The number of carbonyl (C=O) groups is 1. The molecule has 0 aromatic heterocycles. The Morgan fingerprint density at radius 3 is 2.62 bits per heavy atom. The molecule has 0 radical (unpaired) electrons. The van der Waals surface area contributed by atoms with Gasteiger partial charge in [-0.2, -0.15) is 0 Å². The molecular weight excluding hydrogens is 454 g/mol. The van der Waals surface area contributed by atoms with Gasteiger partial charge in [0.2, 0.25) is 6.79 Å². The van der Waals surface area contributed by atoms with Crippen LogP contribution in [0.2, 0.25) is 0 Å². The summed E-state index contributed by atoms with van der Waals surface area (Å²) in [5, 5.41) is 0.684. The van der Waals surface area contributed by atoms with Gasteiger partial charge < -0.3 is 18.9 Å². The number of amides is 1. The van der Waals surface area contributed by atoms with E-state index in [1.807, 2.05) is 42.5 Å². The van der Waals surface area contributed by atoms with Crippen LogP contribution in [0.1, 0.15) is 12.0 Å². The summed E-state index contributed by atoms with van der Waals surface area (Å²) in [6, 6.07) is 13.3. The first-order valence-corrected chi connectivity index (χ1v) is 12.2. The molecule has 0 N–H and O–H groups in total. The van der Waals surface area contributed by atoms with Crippen molar-refractivity contribution in [3.05, 3.63) is 52.9 Å². The Balaban J connectivity index is 1.39. The van der Waals surface area contributed by atoms with E-state index in [9.17, 15) is 4.79 Å². The number of carbonyl (C=O) groups excluding carboxylic acids is 1. The first kappa shape index (κ1) is 22.8. The molecule has 0 unspecified atom stereocenters. The van der Waals surface area contributed by atoms with Crippen LogP contribution in [0.15, 0.2) is 52.4 Å². The second kappa shape index (κ2) is 10.5. The number of thioether (sulfide) groups is 1. The molecule has 8 nitrogen and oxygen atoms in total. The van der Waals surface area contributed by atoms with E-state index >= 15 is 0 Å². The number of nitrogens with zero attached hydrogens (tertiary/aromatic N) is 3. The quantitative estimate of drug-likeness (QED) is 0.558. The number of morpholine rings is 1. The Morgan fingerprint density at radius 2 is 1.85 bits per heavy atom. The average Bonchev–Trinajstić information content (AvgIpc) is 3.44. The van der Waals surface area contributed by atoms with Gasteiger partial charge >= 0.3 is 0 Å². The largest absolute Gasteiger partial charge is 0.496 e. The molecule has 2 saturated heterocycles. The number of amidine groups is 1. The van der Waals surface area contributed by atoms with Crippen molar-refractivity contribution in [1.29, 1.82) is 0 Å². The normalized spacial score (nSPS) is 20.5. The molecule has 9 heteroatoms. The van der Waals surface area contributed by atoms with E-state index in [0.29, 0.717) is 33.9 Å². The van der Waals surface area contributed by atoms with Crippen molar-refractivity contribution in [3.63, 3.8) is 0 Å². The van der Waals surface area contributed by atoms with Gasteiger partial charge in [-0.1, -0.05) is 18.2 Å². The SMILES string of the molecule is COc1cc2c(cc1/C=C1/SC(=Nc3ccccc3)N(CCCN3CCOCC3)C1=O)OCO2. The zero-order valence-corrected chi connectivity index (χ0v) is 19.9. The van der Waals surface area contributed by atoms with Crippen molar-refractivity contribution >= 4 is 34.6 Å². The molecule has 3 heterocycles. The Kier molecular flexibility index (Phi) is 7.03. The van der Waals surface area contributed by atoms with Gasteiger partial charge in [-0.25, -0.2) is 4.99 Å². The summed E-state index contributed by atoms with van der Waals surface area (Å²) in [5.41, 5.74) is 1.58. The molecule has 0 aliphatic carbocycles. The topological polar surface area (TPSA) is 72.8 Å². The van der Waals surface area contributed by atoms with Crippen molar-refractivity contribution in [2.24, 2.45) is 4.99 Å². The van der Waals surface area contributed by atoms with Gasteiger partial charge in [-0.15, -0.1) is 0 Å². The third kappa shape index (κ3) is 5.06. The van der Waals surface area contributed by atoms with Gasteiger partial charge in [0.25, 0.3) is 5.91 Å². The van der Waals surface area contributed by atoms with Crippen molar-refractivity contribution in [2.75, 3.05) is 53.3 Å². The third-order valence-corrected chi connectivity index (χ3v) is 6.85. The van der Waals surface area contributed by atoms with Crippen molar-refractivity contribution in [1.82, 2.24) is 9.80 Å². The molecule has 3 aliphatic rings. The highest BCUT2D eigenvalue weighted by molar-refractivity contribution is 8.18. The zero-order chi connectivity index (χ0) is 23.3. The van der Waals surface area contributed by atoms with E-state index in [0.717, 1.165) is 50.5 Å². The third-order valence-electron chi connectivity index (χ3n) is 5.84. The zero-order valence-electron chi connectivity index (χ0n) is 19.1. The predicted molar refractivity (Wildman–Crippen MR) is 132 cm³/mol. The minimum Gasteiger partial charge on any atom is -0.496 e. The van der Waals surface area contributed by atoms with E-state index in [-0.39, 0.29) is 12.7 Å². The fraction of sp³-hybridized carbons (Fsp3) is 0.360. The van der Waals surface area contributed by atoms with Crippen LogP contribution in [0.25, 0.3) is 6.08 Å². The number of benzene rings is 2. The van der Waals surface area contributed by atoms with Crippen LogP contribution in [-0.4, -0.2) is 74.2 Å². The van der Waals surface area contributed by atoms with Crippen LogP contribution in [-0.2, 0) is 9.53 Å². The second-order valence-corrected chi connectivity index (χ2v) is 9.06. The van der Waals surface area contributed by atoms with Gasteiger partial charge in [-0.05, 0) is 42.5 Å². The van der Waals surface area contributed by atoms with Crippen LogP contribution in [0.3, 0.4) is 0 Å². The van der Waals surface area contributed by atoms with Gasteiger partial charge in [0.05, 0.1) is 30.9 Å². The molecule has 2 fully saturated rings. The molecular formula is C25H27N3O5S. The van der Waals surface area contributed by atoms with Crippen LogP contribution >= 0.6 is 11.8 Å². The van der Waals surface area contributed by atoms with E-state index in [1.165, 1.54) is 11.8 Å². The fourth-order valence-electron chi connectivity index (χ4n) is 4.05. The minimum atomic E-state index is -0.0543. The smallest absolute Gasteiger partial charge is 0.266 e. The second-order valence-electron chi connectivity index (χ2n) is 8.05. The molecule has 2 aromatic rings. The molecule has 0 saturated carbocycles. The molecule has 1 amide bonds. The lowest BCUT2D eigenvalue weighted by molar-refractivity contribution is -0.122. The molecule has 178 valence electrons. The Hall–Kier alpha value is -3.01. The van der Waals surface area contributed by atoms with Gasteiger partial charge in [0, 0.05) is 37.8 Å². The van der Waals surface area contributed by atoms with E-state index in [1.54, 1.807) is 18.1 Å². The van der Waals surface area contributed by atoms with Crippen LogP contribution in [0, 0.1) is 0 Å². The number of fused-ring (bicyclic) bond motifs is 1. The lowest BCUT2D eigenvalue weighted by Gasteiger charge is -2.27. The highest BCUT2D eigenvalue weighted by Crippen LogP contribution is 2.41. The Labute approximate surface area is 203 Å². The van der Waals surface area contributed by atoms with E-state index in [2.05, 4.69) is 4.90 Å². The first-order valence-electron chi connectivity index (χ1n) is 11.3. The number of hydrogen-bond donors (Lipinski definition) is 0. The molecule has 0 bridgehead atoms. The fourth-order valence-corrected chi connectivity index (χ4v) is 5.06. The summed E-state index contributed by atoms with van der Waals surface area (Å²) >= 11 is 1.38. The van der Waals surface area contributed by atoms with Crippen molar-refractivity contribution in [2.45, 2.75) is 6.42 Å². The number of para-hydroxylation sites is 1. The number of methoxy groups -OCH3 is 1. The summed E-state index contributed by atoms with van der Waals surface area (Å²) in [7, 11) is 1.60. The summed E-state index contributed by atoms with van der Waals surface area (Å²) in [6.45, 7) is 5.10. The number of rotatable bonds is 7. The lowest BCUT2D eigenvalue weighted by atomic mass is 10.1. The summed E-state index contributed by atoms with van der Waals surface area (Å²) < 4.78 is 21.9. The average molecular weight is 482 g/mol. The predicted octanol–water partition coefficient (Wildman–Crippen LogP) is 3.75. The summed E-state index contributed by atoms with van der Waals surface area (Å²) in [6.07, 6.45) is 2.71. The van der Waals surface area contributed by atoms with Gasteiger partial charge in [-0.3, -0.25) is 14.6 Å². The van der Waals surface area contributed by atoms with E-state index in [4.69, 9.17) is 23.9 Å². The molecule has 5 rings (SSSR count). The Morgan fingerprint density at radius 1 is 1.09 bits per heavy atom. The number of ether oxygens (including phenoxy) is 4. The highest BCUT2D eigenvalue weighted by atomic mass is 32.2. The maximum absolute atomic E-state index is 13.5. The standard InChI is InChI=1S/C25H27N3O5S/c1-30-20-16-22-21(32-17-33-22)14-18(20)15-23-24(29)28(9-5-8-27-10-12-31-13-11-27)25(34-23)26-19-6-3-2-4-7-19/h2-4,6-7,14-16H,5,8-13,17H2,1H3/b23-15+,26-25?. The maximum atomic E-state index is 13.5. The molecule has 34 heavy (non-hydrogen) atoms. The number of aliphatic imine (C=N–C) groups is 1. The lowest BCUT2D eigenvalue weighted by Crippen LogP contribution is -2.38. The van der Waals surface area contributed by atoms with Crippen LogP contribution in [0.5, 0.6) is 17.2 Å².